The van der Waals surface area contributed by atoms with Gasteiger partial charge in [0.15, 0.2) is 0 Å². The number of aliphatic hydroxyl groups excluding tert-OH is 1. The average molecular weight is 336 g/mol. The molecule has 24 heavy (non-hydrogen) atoms. The molecule has 0 aliphatic carbocycles. The Balaban J connectivity index is 2.49. The average Bonchev–Trinajstić information content (AvgIpc) is 2.45. The van der Waals surface area contributed by atoms with Crippen LogP contribution in [0.1, 0.15) is 45.6 Å². The first-order chi connectivity index (χ1) is 11.2. The predicted molar refractivity (Wildman–Crippen MR) is 89.5 cm³/mol. The summed E-state index contributed by atoms with van der Waals surface area (Å²) < 4.78 is 5.41. The molecule has 7 nitrogen and oxygen atoms in total. The highest BCUT2D eigenvalue weighted by Gasteiger charge is 2.45. The van der Waals surface area contributed by atoms with Crippen molar-refractivity contribution in [3.8, 4) is 0 Å². The largest absolute Gasteiger partial charge is 0.443 e. The van der Waals surface area contributed by atoms with Gasteiger partial charge in [-0.05, 0) is 38.8 Å². The molecule has 0 unspecified atom stereocenters. The third kappa shape index (κ3) is 3.67. The second-order valence-electron chi connectivity index (χ2n) is 7.02. The highest BCUT2D eigenvalue weighted by atomic mass is 16.6. The normalized spacial score (nSPS) is 23.5. The van der Waals surface area contributed by atoms with E-state index in [1.165, 1.54) is 4.90 Å². The molecule has 132 valence electrons. The van der Waals surface area contributed by atoms with E-state index in [9.17, 15) is 20.0 Å². The summed E-state index contributed by atoms with van der Waals surface area (Å²) in [6, 6.07) is 6.97. The molecule has 1 aromatic rings. The Morgan fingerprint density at radius 3 is 2.54 bits per heavy atom. The number of hydrogen-bond acceptors (Lipinski definition) is 5. The van der Waals surface area contributed by atoms with Crippen LogP contribution in [0.3, 0.4) is 0 Å². The second-order valence-corrected chi connectivity index (χ2v) is 7.02. The zero-order valence-corrected chi connectivity index (χ0v) is 14.4. The first-order valence-electron chi connectivity index (χ1n) is 8.06. The fourth-order valence-corrected chi connectivity index (χ4v) is 3.20. The quantitative estimate of drug-likeness (QED) is 0.676. The molecule has 1 heterocycles. The van der Waals surface area contributed by atoms with E-state index < -0.39 is 29.8 Å². The van der Waals surface area contributed by atoms with E-state index in [2.05, 4.69) is 0 Å². The zero-order chi connectivity index (χ0) is 18.1. The van der Waals surface area contributed by atoms with Crippen molar-refractivity contribution in [2.75, 3.05) is 11.4 Å². The SMILES string of the molecule is CC[C@@H]1[C@H](C[N+](=O)[O-])c2ccccc2N(C(=O)OC(C)(C)C)[C@@H]1O. The second kappa shape index (κ2) is 6.76. The van der Waals surface area contributed by atoms with Crippen LogP contribution < -0.4 is 4.90 Å². The summed E-state index contributed by atoms with van der Waals surface area (Å²) in [6.45, 7) is 6.82. The number of nitrogens with zero attached hydrogens (tertiary/aromatic N) is 2. The molecule has 0 fully saturated rings. The molecule has 0 saturated heterocycles. The Labute approximate surface area is 141 Å². The number of nitro groups is 1. The number of benzene rings is 1. The molecule has 7 heteroatoms. The van der Waals surface area contributed by atoms with Gasteiger partial charge in [0.1, 0.15) is 11.8 Å². The molecule has 0 spiro atoms. The zero-order valence-electron chi connectivity index (χ0n) is 14.4. The van der Waals surface area contributed by atoms with Crippen LogP contribution in [0.5, 0.6) is 0 Å². The lowest BCUT2D eigenvalue weighted by Crippen LogP contribution is -2.52. The van der Waals surface area contributed by atoms with Gasteiger partial charge in [0, 0.05) is 10.8 Å². The molecule has 2 rings (SSSR count). The van der Waals surface area contributed by atoms with Crippen molar-refractivity contribution in [2.45, 2.75) is 51.9 Å². The maximum atomic E-state index is 12.6. The Bertz CT molecular complexity index is 626. The van der Waals surface area contributed by atoms with Crippen LogP contribution in [0.2, 0.25) is 0 Å². The third-order valence-corrected chi connectivity index (χ3v) is 4.17. The van der Waals surface area contributed by atoms with Gasteiger partial charge in [-0.25, -0.2) is 4.79 Å². The van der Waals surface area contributed by atoms with E-state index in [0.717, 1.165) is 0 Å². The highest BCUT2D eigenvalue weighted by molar-refractivity contribution is 5.90. The smallest absolute Gasteiger partial charge is 0.416 e. The van der Waals surface area contributed by atoms with E-state index in [0.29, 0.717) is 17.7 Å². The van der Waals surface area contributed by atoms with Crippen LogP contribution in [-0.2, 0) is 4.74 Å². The number of para-hydroxylation sites is 1. The molecule has 1 aliphatic heterocycles. The van der Waals surface area contributed by atoms with Gasteiger partial charge in [-0.1, -0.05) is 25.1 Å². The predicted octanol–water partition coefficient (Wildman–Crippen LogP) is 3.15. The van der Waals surface area contributed by atoms with Crippen LogP contribution in [-0.4, -0.2) is 34.5 Å². The lowest BCUT2D eigenvalue weighted by Gasteiger charge is -2.42. The molecule has 1 N–H and O–H groups in total. The third-order valence-electron chi connectivity index (χ3n) is 4.17. The lowest BCUT2D eigenvalue weighted by atomic mass is 9.78. The van der Waals surface area contributed by atoms with Crippen molar-refractivity contribution >= 4 is 11.8 Å². The maximum Gasteiger partial charge on any atom is 0.416 e. The Morgan fingerprint density at radius 2 is 2.00 bits per heavy atom. The van der Waals surface area contributed by atoms with Crippen LogP contribution in [0.15, 0.2) is 24.3 Å². The number of amides is 1. The minimum Gasteiger partial charge on any atom is -0.443 e. The first kappa shape index (κ1) is 18.2. The van der Waals surface area contributed by atoms with Gasteiger partial charge in [0.05, 0.1) is 11.6 Å². The van der Waals surface area contributed by atoms with E-state index in [1.54, 1.807) is 45.0 Å². The van der Waals surface area contributed by atoms with Crippen molar-refractivity contribution in [1.29, 1.82) is 0 Å². The monoisotopic (exact) mass is 336 g/mol. The van der Waals surface area contributed by atoms with Gasteiger partial charge in [0.25, 0.3) is 0 Å². The highest BCUT2D eigenvalue weighted by Crippen LogP contribution is 2.43. The number of anilines is 1. The van der Waals surface area contributed by atoms with Gasteiger partial charge >= 0.3 is 6.09 Å². The summed E-state index contributed by atoms with van der Waals surface area (Å²) in [5.74, 6) is -0.882. The number of ether oxygens (including phenoxy) is 1. The number of aliphatic hydroxyl groups is 1. The Morgan fingerprint density at radius 1 is 1.38 bits per heavy atom. The van der Waals surface area contributed by atoms with Gasteiger partial charge < -0.3 is 9.84 Å². The maximum absolute atomic E-state index is 12.6. The van der Waals surface area contributed by atoms with Gasteiger partial charge in [-0.3, -0.25) is 15.0 Å². The molecule has 0 radical (unpaired) electrons. The number of carbonyl (C=O) groups is 1. The van der Waals surface area contributed by atoms with Crippen molar-refractivity contribution in [2.24, 2.45) is 5.92 Å². The Hall–Kier alpha value is -2.15. The number of hydrogen-bond donors (Lipinski definition) is 1. The molecule has 1 aliphatic rings. The van der Waals surface area contributed by atoms with Crippen LogP contribution >= 0.6 is 0 Å². The van der Waals surface area contributed by atoms with Crippen molar-refractivity contribution in [3.05, 3.63) is 39.9 Å². The van der Waals surface area contributed by atoms with E-state index in [-0.39, 0.29) is 11.5 Å². The van der Waals surface area contributed by atoms with Crippen LogP contribution in [0.25, 0.3) is 0 Å². The number of fused-ring (bicyclic) bond motifs is 1. The number of rotatable bonds is 3. The molecular weight excluding hydrogens is 312 g/mol. The lowest BCUT2D eigenvalue weighted by molar-refractivity contribution is -0.485. The summed E-state index contributed by atoms with van der Waals surface area (Å²) in [5, 5.41) is 21.8. The summed E-state index contributed by atoms with van der Waals surface area (Å²) >= 11 is 0. The van der Waals surface area contributed by atoms with E-state index >= 15 is 0 Å². The summed E-state index contributed by atoms with van der Waals surface area (Å²) in [4.78, 5) is 24.5. The first-order valence-corrected chi connectivity index (χ1v) is 8.06. The van der Waals surface area contributed by atoms with Crippen molar-refractivity contribution in [1.82, 2.24) is 0 Å². The summed E-state index contributed by atoms with van der Waals surface area (Å²) in [6.07, 6.45) is -1.31. The van der Waals surface area contributed by atoms with E-state index in [1.807, 2.05) is 6.92 Å². The minimum absolute atomic E-state index is 0.283. The fourth-order valence-electron chi connectivity index (χ4n) is 3.20. The minimum atomic E-state index is -1.16. The van der Waals surface area contributed by atoms with Gasteiger partial charge in [0.2, 0.25) is 6.54 Å². The van der Waals surface area contributed by atoms with Crippen LogP contribution in [0, 0.1) is 16.0 Å². The molecule has 0 aromatic heterocycles. The fraction of sp³-hybridized carbons (Fsp3) is 0.588. The van der Waals surface area contributed by atoms with Gasteiger partial charge in [-0.2, -0.15) is 0 Å². The molecule has 0 saturated carbocycles. The molecular formula is C17H24N2O5. The molecule has 3 atom stereocenters. The van der Waals surface area contributed by atoms with Crippen molar-refractivity contribution in [3.63, 3.8) is 0 Å². The van der Waals surface area contributed by atoms with Crippen LogP contribution in [0.4, 0.5) is 10.5 Å². The molecule has 0 bridgehead atoms. The number of carbonyl (C=O) groups excluding carboxylic acids is 1. The topological polar surface area (TPSA) is 92.9 Å². The summed E-state index contributed by atoms with van der Waals surface area (Å²) in [7, 11) is 0. The molecule has 1 aromatic carbocycles. The molecule has 1 amide bonds. The van der Waals surface area contributed by atoms with Crippen molar-refractivity contribution < 1.29 is 19.6 Å². The standard InChI is InChI=1S/C17H24N2O5/c1-5-11-13(10-18(22)23)12-8-6-7-9-14(12)19(15(11)20)16(21)24-17(2,3)4/h6-9,11,13,15,20H,5,10H2,1-4H3/t11-,13+,15-/m1/s1. The van der Waals surface area contributed by atoms with E-state index in [4.69, 9.17) is 4.74 Å². The Kier molecular flexibility index (Phi) is 5.13. The van der Waals surface area contributed by atoms with Gasteiger partial charge in [-0.15, -0.1) is 0 Å². The summed E-state index contributed by atoms with van der Waals surface area (Å²) in [5.41, 5.74) is 0.457.